The van der Waals surface area contributed by atoms with Crippen molar-refractivity contribution in [2.45, 2.75) is 18.5 Å². The van der Waals surface area contributed by atoms with Crippen LogP contribution in [0.15, 0.2) is 36.5 Å². The molecule has 2 aromatic rings. The van der Waals surface area contributed by atoms with Crippen LogP contribution in [-0.4, -0.2) is 42.0 Å². The number of alkyl halides is 9. The van der Waals surface area contributed by atoms with E-state index in [2.05, 4.69) is 4.98 Å². The van der Waals surface area contributed by atoms with Crippen LogP contribution in [0.25, 0.3) is 0 Å². The fourth-order valence-corrected chi connectivity index (χ4v) is 3.14. The second kappa shape index (κ2) is 8.17. The summed E-state index contributed by atoms with van der Waals surface area (Å²) in [4.78, 5) is 18.9. The average molecular weight is 471 g/mol. The first kappa shape index (κ1) is 23.7. The monoisotopic (exact) mass is 471 g/mol. The molecule has 1 aliphatic rings. The molecule has 1 amide bonds. The molecule has 0 radical (unpaired) electrons. The van der Waals surface area contributed by atoms with Crippen LogP contribution in [0.1, 0.15) is 27.0 Å². The van der Waals surface area contributed by atoms with Crippen molar-refractivity contribution in [1.82, 2.24) is 9.88 Å². The van der Waals surface area contributed by atoms with Gasteiger partial charge in [0, 0.05) is 37.9 Å². The van der Waals surface area contributed by atoms with Crippen LogP contribution >= 0.6 is 0 Å². The van der Waals surface area contributed by atoms with Crippen molar-refractivity contribution in [2.24, 2.45) is 0 Å². The lowest BCUT2D eigenvalue weighted by Crippen LogP contribution is -2.49. The van der Waals surface area contributed by atoms with Gasteiger partial charge in [-0.25, -0.2) is 4.98 Å². The van der Waals surface area contributed by atoms with Gasteiger partial charge in [-0.2, -0.15) is 39.5 Å². The summed E-state index contributed by atoms with van der Waals surface area (Å²) in [5.74, 6) is -0.815. The fourth-order valence-electron chi connectivity index (χ4n) is 3.14. The quantitative estimate of drug-likeness (QED) is 0.572. The normalized spacial score (nSPS) is 15.8. The summed E-state index contributed by atoms with van der Waals surface area (Å²) >= 11 is 0. The van der Waals surface area contributed by atoms with Gasteiger partial charge in [0.05, 0.1) is 16.7 Å². The molecule has 0 unspecified atom stereocenters. The van der Waals surface area contributed by atoms with Gasteiger partial charge in [0.2, 0.25) is 0 Å². The number of carbonyl (C=O) groups is 1. The highest BCUT2D eigenvalue weighted by Gasteiger charge is 2.38. The fraction of sp³-hybridized carbons (Fsp3) is 0.368. The number of rotatable bonds is 2. The Morgan fingerprint density at radius 1 is 0.719 bits per heavy atom. The Labute approximate surface area is 175 Å². The zero-order valence-electron chi connectivity index (χ0n) is 15.9. The van der Waals surface area contributed by atoms with E-state index in [1.807, 2.05) is 0 Å². The summed E-state index contributed by atoms with van der Waals surface area (Å²) in [6.45, 7) is 0.0165. The van der Waals surface area contributed by atoms with Gasteiger partial charge in [-0.1, -0.05) is 0 Å². The molecular formula is C19H14F9N3O. The molecular weight excluding hydrogens is 457 g/mol. The van der Waals surface area contributed by atoms with Crippen molar-refractivity contribution in [3.05, 3.63) is 58.8 Å². The predicted octanol–water partition coefficient (Wildman–Crippen LogP) is 5.10. The molecule has 3 rings (SSSR count). The molecule has 0 spiro atoms. The van der Waals surface area contributed by atoms with E-state index in [1.165, 1.54) is 0 Å². The van der Waals surface area contributed by atoms with E-state index in [9.17, 15) is 44.3 Å². The Bertz CT molecular complexity index is 941. The van der Waals surface area contributed by atoms with Gasteiger partial charge in [-0.15, -0.1) is 0 Å². The van der Waals surface area contributed by atoms with Crippen molar-refractivity contribution in [2.75, 3.05) is 31.1 Å². The Balaban J connectivity index is 1.75. The highest BCUT2D eigenvalue weighted by molar-refractivity contribution is 5.95. The lowest BCUT2D eigenvalue weighted by molar-refractivity contribution is -0.143. The Kier molecular flexibility index (Phi) is 6.04. The molecule has 0 N–H and O–H groups in total. The van der Waals surface area contributed by atoms with Crippen molar-refractivity contribution >= 4 is 11.7 Å². The molecule has 0 saturated carbocycles. The third-order valence-corrected chi connectivity index (χ3v) is 4.80. The second-order valence-electron chi connectivity index (χ2n) is 6.98. The maximum atomic E-state index is 13.0. The van der Waals surface area contributed by atoms with Gasteiger partial charge in [-0.05, 0) is 30.3 Å². The van der Waals surface area contributed by atoms with Crippen LogP contribution in [0, 0.1) is 0 Å². The smallest absolute Gasteiger partial charge is 0.353 e. The number of aromatic nitrogens is 1. The minimum atomic E-state index is -5.08. The topological polar surface area (TPSA) is 36.4 Å². The van der Waals surface area contributed by atoms with E-state index in [-0.39, 0.29) is 38.1 Å². The first-order chi connectivity index (χ1) is 14.7. The van der Waals surface area contributed by atoms with Gasteiger partial charge in [0.25, 0.3) is 5.91 Å². The molecule has 13 heteroatoms. The molecule has 1 aromatic carbocycles. The van der Waals surface area contributed by atoms with Crippen LogP contribution in [-0.2, 0) is 18.5 Å². The lowest BCUT2D eigenvalue weighted by Gasteiger charge is -2.35. The van der Waals surface area contributed by atoms with Crippen LogP contribution in [0.5, 0.6) is 0 Å². The van der Waals surface area contributed by atoms with Crippen molar-refractivity contribution in [3.8, 4) is 0 Å². The zero-order chi connectivity index (χ0) is 23.9. The number of piperazine rings is 1. The summed E-state index contributed by atoms with van der Waals surface area (Å²) in [6, 6.07) is 2.64. The van der Waals surface area contributed by atoms with E-state index in [4.69, 9.17) is 0 Å². The van der Waals surface area contributed by atoms with Gasteiger partial charge >= 0.3 is 18.5 Å². The highest BCUT2D eigenvalue weighted by atomic mass is 19.4. The van der Waals surface area contributed by atoms with Gasteiger partial charge in [0.15, 0.2) is 0 Å². The summed E-state index contributed by atoms with van der Waals surface area (Å²) in [5.41, 5.74) is -4.89. The molecule has 174 valence electrons. The number of nitrogens with zero attached hydrogens (tertiary/aromatic N) is 3. The largest absolute Gasteiger partial charge is 0.417 e. The van der Waals surface area contributed by atoms with E-state index in [1.54, 1.807) is 4.90 Å². The number of anilines is 1. The van der Waals surface area contributed by atoms with Crippen LogP contribution in [0.3, 0.4) is 0 Å². The van der Waals surface area contributed by atoms with Crippen LogP contribution in [0.2, 0.25) is 0 Å². The second-order valence-corrected chi connectivity index (χ2v) is 6.98. The van der Waals surface area contributed by atoms with E-state index in [0.29, 0.717) is 18.3 Å². The minimum absolute atomic E-state index is 0.0645. The van der Waals surface area contributed by atoms with Crippen molar-refractivity contribution < 1.29 is 44.3 Å². The van der Waals surface area contributed by atoms with Gasteiger partial charge in [0.1, 0.15) is 5.82 Å². The Morgan fingerprint density at radius 2 is 1.22 bits per heavy atom. The number of halogens is 9. The first-order valence-corrected chi connectivity index (χ1v) is 9.03. The molecule has 0 aliphatic carbocycles. The molecule has 0 atom stereocenters. The van der Waals surface area contributed by atoms with Crippen LogP contribution in [0.4, 0.5) is 45.3 Å². The van der Waals surface area contributed by atoms with Gasteiger partial charge < -0.3 is 9.80 Å². The maximum absolute atomic E-state index is 13.0. The molecule has 32 heavy (non-hydrogen) atoms. The number of benzene rings is 1. The zero-order valence-corrected chi connectivity index (χ0v) is 15.9. The third-order valence-electron chi connectivity index (χ3n) is 4.80. The minimum Gasteiger partial charge on any atom is -0.353 e. The first-order valence-electron chi connectivity index (χ1n) is 9.03. The molecule has 1 fully saturated rings. The number of hydrogen-bond acceptors (Lipinski definition) is 3. The molecule has 1 saturated heterocycles. The van der Waals surface area contributed by atoms with Gasteiger partial charge in [-0.3, -0.25) is 4.79 Å². The number of carbonyl (C=O) groups excluding carboxylic acids is 1. The average Bonchev–Trinajstić information content (AvgIpc) is 2.71. The van der Waals surface area contributed by atoms with Crippen LogP contribution < -0.4 is 4.90 Å². The van der Waals surface area contributed by atoms with E-state index >= 15 is 0 Å². The Morgan fingerprint density at radius 3 is 1.62 bits per heavy atom. The maximum Gasteiger partial charge on any atom is 0.417 e. The van der Waals surface area contributed by atoms with E-state index < -0.39 is 46.7 Å². The van der Waals surface area contributed by atoms with E-state index in [0.717, 1.165) is 17.0 Å². The summed E-state index contributed by atoms with van der Waals surface area (Å²) in [7, 11) is 0. The molecule has 1 aliphatic heterocycles. The molecule has 4 nitrogen and oxygen atoms in total. The SMILES string of the molecule is O=C(c1cc(C(F)(F)F)cc(C(F)(F)F)c1)N1CCN(c2ccc(C(F)(F)F)cn2)CC1. The number of pyridine rings is 1. The number of amides is 1. The number of hydrogen-bond donors (Lipinski definition) is 0. The summed E-state index contributed by atoms with van der Waals surface area (Å²) in [5, 5.41) is 0. The molecule has 2 heterocycles. The highest BCUT2D eigenvalue weighted by Crippen LogP contribution is 2.36. The predicted molar refractivity (Wildman–Crippen MR) is 93.8 cm³/mol. The van der Waals surface area contributed by atoms with Crippen molar-refractivity contribution in [1.29, 1.82) is 0 Å². The summed E-state index contributed by atoms with van der Waals surface area (Å²) in [6.07, 6.45) is -14.1. The third kappa shape index (κ3) is 5.25. The molecule has 1 aromatic heterocycles. The standard InChI is InChI=1S/C19H14F9N3O/c20-17(21,22)12-1-2-15(29-10-12)30-3-5-31(6-4-30)16(32)11-7-13(18(23,24)25)9-14(8-11)19(26,27)28/h1-2,7-10H,3-6H2. The Hall–Kier alpha value is -2.99. The van der Waals surface area contributed by atoms with Crippen molar-refractivity contribution in [3.63, 3.8) is 0 Å². The molecule has 0 bridgehead atoms. The lowest BCUT2D eigenvalue weighted by atomic mass is 10.0. The summed E-state index contributed by atoms with van der Waals surface area (Å²) < 4.78 is 116.